The van der Waals surface area contributed by atoms with Gasteiger partial charge in [-0.3, -0.25) is 0 Å². The molecule has 0 heterocycles. The van der Waals surface area contributed by atoms with Crippen molar-refractivity contribution in [3.63, 3.8) is 0 Å². The van der Waals surface area contributed by atoms with Crippen molar-refractivity contribution in [2.75, 3.05) is 7.11 Å². The molecule has 1 nitrogen and oxygen atoms in total. The highest BCUT2D eigenvalue weighted by molar-refractivity contribution is 5.84. The van der Waals surface area contributed by atoms with Gasteiger partial charge in [0.15, 0.2) is 0 Å². The van der Waals surface area contributed by atoms with Crippen LogP contribution in [-0.2, 0) is 0 Å². The van der Waals surface area contributed by atoms with Gasteiger partial charge in [-0.25, -0.2) is 0 Å². The van der Waals surface area contributed by atoms with Gasteiger partial charge in [0.05, 0.1) is 7.11 Å². The van der Waals surface area contributed by atoms with Gasteiger partial charge in [-0.15, -0.1) is 0 Å². The number of methoxy groups -OCH3 is 1. The Kier molecular flexibility index (Phi) is 4.48. The first-order valence-electron chi connectivity index (χ1n) is 8.38. The molecule has 3 rings (SSSR count). The highest BCUT2D eigenvalue weighted by Crippen LogP contribution is 2.38. The lowest BCUT2D eigenvalue weighted by atomic mass is 9.77. The van der Waals surface area contributed by atoms with E-state index in [2.05, 4.69) is 43.3 Å². The number of rotatable bonds is 4. The predicted molar refractivity (Wildman–Crippen MR) is 90.1 cm³/mol. The van der Waals surface area contributed by atoms with Gasteiger partial charge in [-0.1, -0.05) is 44.0 Å². The molecular formula is C20H26O. The molecule has 0 unspecified atom stereocenters. The van der Waals surface area contributed by atoms with E-state index in [0.29, 0.717) is 0 Å². The van der Waals surface area contributed by atoms with Crippen LogP contribution in [0.4, 0.5) is 0 Å². The molecule has 0 saturated heterocycles. The fourth-order valence-electron chi connectivity index (χ4n) is 3.82. The summed E-state index contributed by atoms with van der Waals surface area (Å²) in [6.45, 7) is 2.31. The second-order valence-corrected chi connectivity index (χ2v) is 6.48. The molecule has 0 aliphatic heterocycles. The zero-order valence-corrected chi connectivity index (χ0v) is 13.3. The Morgan fingerprint density at radius 2 is 1.67 bits per heavy atom. The largest absolute Gasteiger partial charge is 0.497 e. The van der Waals surface area contributed by atoms with Gasteiger partial charge in [0, 0.05) is 0 Å². The van der Waals surface area contributed by atoms with Crippen molar-refractivity contribution in [1.82, 2.24) is 0 Å². The fourth-order valence-corrected chi connectivity index (χ4v) is 3.82. The van der Waals surface area contributed by atoms with Crippen LogP contribution in [0.1, 0.15) is 56.9 Å². The summed E-state index contributed by atoms with van der Waals surface area (Å²) < 4.78 is 5.30. The topological polar surface area (TPSA) is 9.23 Å². The number of ether oxygens (including phenoxy) is 1. The maximum atomic E-state index is 5.30. The van der Waals surface area contributed by atoms with Crippen LogP contribution in [-0.4, -0.2) is 7.11 Å². The minimum atomic E-state index is 0.768. The smallest absolute Gasteiger partial charge is 0.119 e. The van der Waals surface area contributed by atoms with E-state index in [9.17, 15) is 0 Å². The quantitative estimate of drug-likeness (QED) is 0.676. The van der Waals surface area contributed by atoms with Gasteiger partial charge in [-0.2, -0.15) is 0 Å². The predicted octanol–water partition coefficient (Wildman–Crippen LogP) is 5.92. The molecule has 1 aliphatic rings. The van der Waals surface area contributed by atoms with Crippen LogP contribution < -0.4 is 4.74 Å². The Labute approximate surface area is 128 Å². The third-order valence-electron chi connectivity index (χ3n) is 5.09. The van der Waals surface area contributed by atoms with E-state index >= 15 is 0 Å². The standard InChI is InChI=1S/C20H26O/c1-3-4-15-5-7-16(8-6-15)17-9-10-19-14-20(21-2)12-11-18(19)13-17/h9-16H,3-8H2,1-2H3. The molecule has 0 N–H and O–H groups in total. The first kappa shape index (κ1) is 14.4. The van der Waals surface area contributed by atoms with Crippen LogP contribution in [0, 0.1) is 5.92 Å². The highest BCUT2D eigenvalue weighted by Gasteiger charge is 2.21. The molecule has 1 heteroatoms. The molecule has 112 valence electrons. The molecule has 0 spiro atoms. The summed E-state index contributed by atoms with van der Waals surface area (Å²) in [4.78, 5) is 0. The minimum absolute atomic E-state index is 0.768. The molecule has 1 fully saturated rings. The molecular weight excluding hydrogens is 256 g/mol. The Bertz CT molecular complexity index is 594. The maximum absolute atomic E-state index is 5.30. The van der Waals surface area contributed by atoms with Crippen LogP contribution >= 0.6 is 0 Å². The van der Waals surface area contributed by atoms with Gasteiger partial charge < -0.3 is 4.74 Å². The van der Waals surface area contributed by atoms with Crippen molar-refractivity contribution >= 4 is 10.8 Å². The van der Waals surface area contributed by atoms with Crippen molar-refractivity contribution < 1.29 is 4.74 Å². The molecule has 2 aromatic carbocycles. The monoisotopic (exact) mass is 282 g/mol. The molecule has 0 radical (unpaired) electrons. The molecule has 1 saturated carbocycles. The fraction of sp³-hybridized carbons (Fsp3) is 0.500. The summed E-state index contributed by atoms with van der Waals surface area (Å²) in [5, 5.41) is 2.61. The van der Waals surface area contributed by atoms with Crippen LogP contribution in [0.3, 0.4) is 0 Å². The van der Waals surface area contributed by atoms with Crippen LogP contribution in [0.5, 0.6) is 5.75 Å². The van der Waals surface area contributed by atoms with E-state index in [4.69, 9.17) is 4.74 Å². The molecule has 0 aromatic heterocycles. The Balaban J connectivity index is 1.76. The summed E-state index contributed by atoms with van der Waals surface area (Å²) in [7, 11) is 1.73. The number of fused-ring (bicyclic) bond motifs is 1. The van der Waals surface area contributed by atoms with Crippen molar-refractivity contribution in [1.29, 1.82) is 0 Å². The molecule has 0 amide bonds. The minimum Gasteiger partial charge on any atom is -0.497 e. The van der Waals surface area contributed by atoms with Gasteiger partial charge >= 0.3 is 0 Å². The summed E-state index contributed by atoms with van der Waals surface area (Å²) in [6, 6.07) is 13.3. The summed E-state index contributed by atoms with van der Waals surface area (Å²) in [6.07, 6.45) is 8.33. The van der Waals surface area contributed by atoms with Crippen molar-refractivity contribution in [3.8, 4) is 5.75 Å². The first-order chi connectivity index (χ1) is 10.3. The third kappa shape index (κ3) is 3.23. The lowest BCUT2D eigenvalue weighted by molar-refractivity contribution is 0.308. The molecule has 1 aliphatic carbocycles. The Morgan fingerprint density at radius 1 is 0.952 bits per heavy atom. The van der Waals surface area contributed by atoms with Crippen molar-refractivity contribution in [2.24, 2.45) is 5.92 Å². The summed E-state index contributed by atoms with van der Waals surface area (Å²) in [5.41, 5.74) is 1.53. The second kappa shape index (κ2) is 6.51. The van der Waals surface area contributed by atoms with Crippen LogP contribution in [0.2, 0.25) is 0 Å². The zero-order valence-electron chi connectivity index (χ0n) is 13.3. The molecule has 0 atom stereocenters. The van der Waals surface area contributed by atoms with Gasteiger partial charge in [0.1, 0.15) is 5.75 Å². The normalized spacial score (nSPS) is 22.4. The van der Waals surface area contributed by atoms with Crippen molar-refractivity contribution in [2.45, 2.75) is 51.4 Å². The van der Waals surface area contributed by atoms with Gasteiger partial charge in [0.25, 0.3) is 0 Å². The summed E-state index contributed by atoms with van der Waals surface area (Å²) in [5.74, 6) is 2.69. The SMILES string of the molecule is CCCC1CCC(c2ccc3cc(OC)ccc3c2)CC1. The van der Waals surface area contributed by atoms with Crippen LogP contribution in [0.25, 0.3) is 10.8 Å². The van der Waals surface area contributed by atoms with Gasteiger partial charge in [-0.05, 0) is 66.0 Å². The van der Waals surface area contributed by atoms with E-state index in [1.165, 1.54) is 54.9 Å². The number of hydrogen-bond donors (Lipinski definition) is 0. The Hall–Kier alpha value is -1.50. The van der Waals surface area contributed by atoms with Crippen molar-refractivity contribution in [3.05, 3.63) is 42.0 Å². The zero-order chi connectivity index (χ0) is 14.7. The van der Waals surface area contributed by atoms with E-state index in [0.717, 1.165) is 17.6 Å². The second-order valence-electron chi connectivity index (χ2n) is 6.48. The van der Waals surface area contributed by atoms with E-state index < -0.39 is 0 Å². The lowest BCUT2D eigenvalue weighted by Crippen LogP contribution is -2.13. The summed E-state index contributed by atoms with van der Waals surface area (Å²) >= 11 is 0. The molecule has 21 heavy (non-hydrogen) atoms. The number of hydrogen-bond acceptors (Lipinski definition) is 1. The Morgan fingerprint density at radius 3 is 2.38 bits per heavy atom. The van der Waals surface area contributed by atoms with E-state index in [-0.39, 0.29) is 0 Å². The first-order valence-corrected chi connectivity index (χ1v) is 8.38. The number of benzene rings is 2. The van der Waals surface area contributed by atoms with E-state index in [1.54, 1.807) is 7.11 Å². The maximum Gasteiger partial charge on any atom is 0.119 e. The highest BCUT2D eigenvalue weighted by atomic mass is 16.5. The average molecular weight is 282 g/mol. The molecule has 0 bridgehead atoms. The molecule has 2 aromatic rings. The van der Waals surface area contributed by atoms with Crippen LogP contribution in [0.15, 0.2) is 36.4 Å². The lowest BCUT2D eigenvalue weighted by Gasteiger charge is -2.28. The van der Waals surface area contributed by atoms with Gasteiger partial charge in [0.2, 0.25) is 0 Å². The van der Waals surface area contributed by atoms with E-state index in [1.807, 2.05) is 0 Å². The average Bonchev–Trinajstić information content (AvgIpc) is 2.55. The third-order valence-corrected chi connectivity index (χ3v) is 5.09.